The van der Waals surface area contributed by atoms with E-state index in [0.717, 1.165) is 39.0 Å². The van der Waals surface area contributed by atoms with Crippen molar-refractivity contribution >= 4 is 5.91 Å². The molecule has 0 aromatic heterocycles. The van der Waals surface area contributed by atoms with Gasteiger partial charge in [0.25, 0.3) is 0 Å². The van der Waals surface area contributed by atoms with Crippen LogP contribution in [0, 0.1) is 5.41 Å². The van der Waals surface area contributed by atoms with Crippen LogP contribution in [0.2, 0.25) is 0 Å². The van der Waals surface area contributed by atoms with Crippen molar-refractivity contribution in [3.8, 4) is 0 Å². The fourth-order valence-electron chi connectivity index (χ4n) is 3.48. The number of nitrogens with one attached hydrogen (secondary N) is 1. The molecule has 0 bridgehead atoms. The SMILES string of the molecule is CC1(C(N)=O)CCN(C2CCNCc3ccccc32)C1. The summed E-state index contributed by atoms with van der Waals surface area (Å²) in [5, 5.41) is 3.48. The Morgan fingerprint density at radius 2 is 2.25 bits per heavy atom. The lowest BCUT2D eigenvalue weighted by molar-refractivity contribution is -0.126. The number of hydrogen-bond donors (Lipinski definition) is 2. The fraction of sp³-hybridized carbons (Fsp3) is 0.562. The average Bonchev–Trinajstić information content (AvgIpc) is 2.72. The second-order valence-electron chi connectivity index (χ2n) is 6.33. The van der Waals surface area contributed by atoms with Crippen LogP contribution in [-0.2, 0) is 11.3 Å². The normalized spacial score (nSPS) is 30.8. The molecule has 1 aromatic carbocycles. The second-order valence-corrected chi connectivity index (χ2v) is 6.33. The lowest BCUT2D eigenvalue weighted by atomic mass is 9.89. The molecule has 3 rings (SSSR count). The summed E-state index contributed by atoms with van der Waals surface area (Å²) in [7, 11) is 0. The Morgan fingerprint density at radius 3 is 3.00 bits per heavy atom. The average molecular weight is 273 g/mol. The number of benzene rings is 1. The molecule has 2 aliphatic heterocycles. The van der Waals surface area contributed by atoms with Gasteiger partial charge in [-0.05, 0) is 44.0 Å². The van der Waals surface area contributed by atoms with Crippen LogP contribution in [-0.4, -0.2) is 30.4 Å². The minimum atomic E-state index is -0.366. The molecule has 1 amide bonds. The first-order valence-electron chi connectivity index (χ1n) is 7.43. The quantitative estimate of drug-likeness (QED) is 0.857. The molecule has 2 unspecified atom stereocenters. The monoisotopic (exact) mass is 273 g/mol. The largest absolute Gasteiger partial charge is 0.369 e. The van der Waals surface area contributed by atoms with Crippen LogP contribution in [0.15, 0.2) is 24.3 Å². The van der Waals surface area contributed by atoms with Gasteiger partial charge < -0.3 is 11.1 Å². The van der Waals surface area contributed by atoms with E-state index in [0.29, 0.717) is 6.04 Å². The van der Waals surface area contributed by atoms with E-state index in [1.165, 1.54) is 11.1 Å². The maximum absolute atomic E-state index is 11.6. The summed E-state index contributed by atoms with van der Waals surface area (Å²) >= 11 is 0. The third-order valence-corrected chi connectivity index (χ3v) is 4.86. The summed E-state index contributed by atoms with van der Waals surface area (Å²) in [4.78, 5) is 14.1. The molecule has 20 heavy (non-hydrogen) atoms. The van der Waals surface area contributed by atoms with Crippen molar-refractivity contribution in [3.63, 3.8) is 0 Å². The molecule has 0 aliphatic carbocycles. The Morgan fingerprint density at radius 1 is 1.45 bits per heavy atom. The van der Waals surface area contributed by atoms with Crippen LogP contribution >= 0.6 is 0 Å². The lowest BCUT2D eigenvalue weighted by Crippen LogP contribution is -2.38. The van der Waals surface area contributed by atoms with E-state index >= 15 is 0 Å². The lowest BCUT2D eigenvalue weighted by Gasteiger charge is -2.29. The fourth-order valence-corrected chi connectivity index (χ4v) is 3.48. The van der Waals surface area contributed by atoms with Crippen molar-refractivity contribution in [1.29, 1.82) is 0 Å². The molecule has 4 heteroatoms. The Labute approximate surface area is 120 Å². The van der Waals surface area contributed by atoms with Crippen LogP contribution < -0.4 is 11.1 Å². The standard InChI is InChI=1S/C16H23N3O/c1-16(15(17)20)7-9-19(11-16)14-6-8-18-10-12-4-2-3-5-13(12)14/h2-5,14,18H,6-11H2,1H3,(H2,17,20). The highest BCUT2D eigenvalue weighted by atomic mass is 16.1. The van der Waals surface area contributed by atoms with Crippen molar-refractivity contribution in [2.45, 2.75) is 32.4 Å². The van der Waals surface area contributed by atoms with E-state index in [2.05, 4.69) is 34.5 Å². The number of likely N-dealkylation sites (tertiary alicyclic amines) is 1. The summed E-state index contributed by atoms with van der Waals surface area (Å²) in [6.07, 6.45) is 1.96. The van der Waals surface area contributed by atoms with E-state index in [1.54, 1.807) is 0 Å². The van der Waals surface area contributed by atoms with Gasteiger partial charge in [-0.15, -0.1) is 0 Å². The number of nitrogens with zero attached hydrogens (tertiary/aromatic N) is 1. The molecule has 0 saturated carbocycles. The van der Waals surface area contributed by atoms with E-state index < -0.39 is 0 Å². The van der Waals surface area contributed by atoms with E-state index in [9.17, 15) is 4.79 Å². The maximum atomic E-state index is 11.6. The van der Waals surface area contributed by atoms with Crippen LogP contribution in [0.3, 0.4) is 0 Å². The minimum absolute atomic E-state index is 0.167. The predicted molar refractivity (Wildman–Crippen MR) is 79.0 cm³/mol. The Hall–Kier alpha value is -1.39. The predicted octanol–water partition coefficient (Wildman–Crippen LogP) is 1.42. The van der Waals surface area contributed by atoms with Crippen molar-refractivity contribution in [2.24, 2.45) is 11.1 Å². The second kappa shape index (κ2) is 5.19. The molecule has 2 atom stereocenters. The molecular weight excluding hydrogens is 250 g/mol. The van der Waals surface area contributed by atoms with Gasteiger partial charge in [-0.2, -0.15) is 0 Å². The van der Waals surface area contributed by atoms with E-state index in [-0.39, 0.29) is 11.3 Å². The van der Waals surface area contributed by atoms with Crippen LogP contribution in [0.5, 0.6) is 0 Å². The van der Waals surface area contributed by atoms with Gasteiger partial charge in [-0.1, -0.05) is 24.3 Å². The topological polar surface area (TPSA) is 58.4 Å². The number of hydrogen-bond acceptors (Lipinski definition) is 3. The summed E-state index contributed by atoms with van der Waals surface area (Å²) in [5.74, 6) is -0.167. The molecule has 2 heterocycles. The molecule has 3 N–H and O–H groups in total. The van der Waals surface area contributed by atoms with Crippen molar-refractivity contribution < 1.29 is 4.79 Å². The number of fused-ring (bicyclic) bond motifs is 1. The highest BCUT2D eigenvalue weighted by Gasteiger charge is 2.41. The first-order chi connectivity index (χ1) is 9.60. The molecule has 1 fully saturated rings. The smallest absolute Gasteiger partial charge is 0.224 e. The van der Waals surface area contributed by atoms with E-state index in [4.69, 9.17) is 5.73 Å². The van der Waals surface area contributed by atoms with Crippen LogP contribution in [0.1, 0.15) is 36.9 Å². The molecule has 108 valence electrons. The Kier molecular flexibility index (Phi) is 3.52. The highest BCUT2D eigenvalue weighted by molar-refractivity contribution is 5.81. The molecule has 0 radical (unpaired) electrons. The number of nitrogens with two attached hydrogens (primary N) is 1. The van der Waals surface area contributed by atoms with Gasteiger partial charge in [-0.3, -0.25) is 9.69 Å². The molecule has 4 nitrogen and oxygen atoms in total. The molecular formula is C16H23N3O. The number of primary amides is 1. The molecule has 1 aromatic rings. The summed E-state index contributed by atoms with van der Waals surface area (Å²) < 4.78 is 0. The van der Waals surface area contributed by atoms with Gasteiger partial charge >= 0.3 is 0 Å². The minimum Gasteiger partial charge on any atom is -0.369 e. The van der Waals surface area contributed by atoms with Crippen molar-refractivity contribution in [2.75, 3.05) is 19.6 Å². The molecule has 1 saturated heterocycles. The van der Waals surface area contributed by atoms with Gasteiger partial charge in [0.1, 0.15) is 0 Å². The van der Waals surface area contributed by atoms with Crippen molar-refractivity contribution in [1.82, 2.24) is 10.2 Å². The van der Waals surface area contributed by atoms with Gasteiger partial charge in [0.2, 0.25) is 5.91 Å². The first-order valence-corrected chi connectivity index (χ1v) is 7.43. The molecule has 0 spiro atoms. The van der Waals surface area contributed by atoms with Gasteiger partial charge in [0.15, 0.2) is 0 Å². The van der Waals surface area contributed by atoms with E-state index in [1.807, 2.05) is 6.92 Å². The Bertz CT molecular complexity index is 516. The summed E-state index contributed by atoms with van der Waals surface area (Å²) in [6.45, 7) is 5.69. The number of carbonyl (C=O) groups excluding carboxylic acids is 1. The third kappa shape index (κ3) is 2.34. The zero-order chi connectivity index (χ0) is 14.2. The maximum Gasteiger partial charge on any atom is 0.224 e. The van der Waals surface area contributed by atoms with Crippen LogP contribution in [0.4, 0.5) is 0 Å². The number of amides is 1. The summed E-state index contributed by atoms with van der Waals surface area (Å²) in [5.41, 5.74) is 7.99. The Balaban J connectivity index is 1.86. The number of carbonyl (C=O) groups is 1. The zero-order valence-electron chi connectivity index (χ0n) is 12.1. The van der Waals surface area contributed by atoms with Gasteiger partial charge in [0.05, 0.1) is 5.41 Å². The molecule has 2 aliphatic rings. The van der Waals surface area contributed by atoms with Gasteiger partial charge in [-0.25, -0.2) is 0 Å². The third-order valence-electron chi connectivity index (χ3n) is 4.86. The highest BCUT2D eigenvalue weighted by Crippen LogP contribution is 2.38. The first kappa shape index (κ1) is 13.6. The van der Waals surface area contributed by atoms with Crippen molar-refractivity contribution in [3.05, 3.63) is 35.4 Å². The zero-order valence-corrected chi connectivity index (χ0v) is 12.1. The summed E-state index contributed by atoms with van der Waals surface area (Å²) in [6, 6.07) is 9.04. The van der Waals surface area contributed by atoms with Gasteiger partial charge in [0, 0.05) is 19.1 Å². The van der Waals surface area contributed by atoms with Crippen LogP contribution in [0.25, 0.3) is 0 Å². The number of rotatable bonds is 2.